The molecule has 0 fully saturated rings. The highest BCUT2D eigenvalue weighted by molar-refractivity contribution is 6.06. The summed E-state index contributed by atoms with van der Waals surface area (Å²) >= 11 is 0. The molecule has 0 unspecified atom stereocenters. The van der Waals surface area contributed by atoms with Crippen LogP contribution in [0, 0.1) is 5.82 Å². The van der Waals surface area contributed by atoms with Gasteiger partial charge in [-0.2, -0.15) is 0 Å². The molecular weight excluding hydrogens is 197 g/mol. The summed E-state index contributed by atoms with van der Waals surface area (Å²) in [6.45, 7) is 1.57. The summed E-state index contributed by atoms with van der Waals surface area (Å²) in [5.74, 6) is -0.657. The molecule has 2 rings (SSSR count). The van der Waals surface area contributed by atoms with Crippen LogP contribution >= 0.6 is 0 Å². The highest BCUT2D eigenvalue weighted by Crippen LogP contribution is 2.16. The van der Waals surface area contributed by atoms with Crippen LogP contribution in [0.1, 0.15) is 12.5 Å². The molecule has 0 amide bonds. The van der Waals surface area contributed by atoms with Gasteiger partial charge in [-0.05, 0) is 12.1 Å². The number of halogens is 1. The quantitative estimate of drug-likeness (QED) is 0.520. The largest absolute Gasteiger partial charge is 0.407 e. The first-order chi connectivity index (χ1) is 7.16. The van der Waals surface area contributed by atoms with Crippen LogP contribution in [0.25, 0.3) is 6.08 Å². The Labute approximate surface area is 85.9 Å². The van der Waals surface area contributed by atoms with Crippen LogP contribution in [0.2, 0.25) is 0 Å². The highest BCUT2D eigenvalue weighted by Gasteiger charge is 2.19. The smallest absolute Gasteiger partial charge is 0.363 e. The Morgan fingerprint density at radius 1 is 1.40 bits per heavy atom. The summed E-state index contributed by atoms with van der Waals surface area (Å²) in [6.07, 6.45) is 1.37. The van der Waals surface area contributed by atoms with Gasteiger partial charge in [-0.25, -0.2) is 14.2 Å². The summed E-state index contributed by atoms with van der Waals surface area (Å²) in [6, 6.07) is 6.16. The van der Waals surface area contributed by atoms with E-state index < -0.39 is 11.8 Å². The zero-order valence-corrected chi connectivity index (χ0v) is 8.03. The van der Waals surface area contributed by atoms with Crippen molar-refractivity contribution in [1.82, 2.24) is 0 Å². The number of esters is 1. The van der Waals surface area contributed by atoms with Gasteiger partial charge in [0, 0.05) is 12.5 Å². The number of rotatable bonds is 1. The normalized spacial score (nSPS) is 17.9. The molecule has 0 N–H and O–H groups in total. The lowest BCUT2D eigenvalue weighted by Gasteiger charge is -1.95. The molecule has 1 aliphatic heterocycles. The molecule has 3 nitrogen and oxygen atoms in total. The zero-order chi connectivity index (χ0) is 10.8. The maximum absolute atomic E-state index is 13.2. The zero-order valence-electron chi connectivity index (χ0n) is 8.03. The summed E-state index contributed by atoms with van der Waals surface area (Å²) in [5, 5.41) is 0. The van der Waals surface area contributed by atoms with Gasteiger partial charge in [-0.1, -0.05) is 18.2 Å². The third-order valence-electron chi connectivity index (χ3n) is 1.92. The van der Waals surface area contributed by atoms with E-state index >= 15 is 0 Å². The van der Waals surface area contributed by atoms with E-state index in [0.717, 1.165) is 0 Å². The minimum absolute atomic E-state index is 0.123. The molecule has 0 radical (unpaired) electrons. The van der Waals surface area contributed by atoms with E-state index in [9.17, 15) is 9.18 Å². The average Bonchev–Trinajstić information content (AvgIpc) is 2.49. The van der Waals surface area contributed by atoms with Crippen molar-refractivity contribution < 1.29 is 13.9 Å². The molecule has 1 aromatic rings. The number of carbonyl (C=O) groups excluding carboxylic acids is 1. The Hall–Kier alpha value is -1.97. The number of benzene rings is 1. The summed E-state index contributed by atoms with van der Waals surface area (Å²) < 4.78 is 17.9. The van der Waals surface area contributed by atoms with Crippen molar-refractivity contribution in [3.8, 4) is 0 Å². The highest BCUT2D eigenvalue weighted by atomic mass is 19.1. The first kappa shape index (κ1) is 9.58. The average molecular weight is 205 g/mol. The molecule has 0 aromatic heterocycles. The standard InChI is InChI=1S/C11H8FNO2/c1-7-13-10(11(14)15-7)6-8-4-2-3-5-9(8)12/h2-6H,1H3/b10-6+. The molecule has 1 aliphatic rings. The van der Waals surface area contributed by atoms with Crippen molar-refractivity contribution in [2.75, 3.05) is 0 Å². The van der Waals surface area contributed by atoms with Crippen LogP contribution in [0.15, 0.2) is 35.0 Å². The first-order valence-electron chi connectivity index (χ1n) is 4.40. The van der Waals surface area contributed by atoms with Crippen LogP contribution in [0.5, 0.6) is 0 Å². The molecule has 0 bridgehead atoms. The van der Waals surface area contributed by atoms with E-state index in [4.69, 9.17) is 4.74 Å². The summed E-state index contributed by atoms with van der Waals surface area (Å²) in [7, 11) is 0. The Morgan fingerprint density at radius 3 is 2.73 bits per heavy atom. The first-order valence-corrected chi connectivity index (χ1v) is 4.40. The van der Waals surface area contributed by atoms with Crippen molar-refractivity contribution in [1.29, 1.82) is 0 Å². The van der Waals surface area contributed by atoms with Crippen molar-refractivity contribution in [3.05, 3.63) is 41.3 Å². The van der Waals surface area contributed by atoms with Crippen LogP contribution < -0.4 is 0 Å². The van der Waals surface area contributed by atoms with Crippen molar-refractivity contribution in [2.45, 2.75) is 6.92 Å². The van der Waals surface area contributed by atoms with E-state index in [2.05, 4.69) is 4.99 Å². The fourth-order valence-corrected chi connectivity index (χ4v) is 1.26. The number of carbonyl (C=O) groups is 1. The molecule has 15 heavy (non-hydrogen) atoms. The lowest BCUT2D eigenvalue weighted by atomic mass is 10.2. The van der Waals surface area contributed by atoms with Gasteiger partial charge in [-0.15, -0.1) is 0 Å². The number of cyclic esters (lactones) is 1. The lowest BCUT2D eigenvalue weighted by molar-refractivity contribution is -0.130. The Morgan fingerprint density at radius 2 is 2.13 bits per heavy atom. The summed E-state index contributed by atoms with van der Waals surface area (Å²) in [5.41, 5.74) is 0.445. The lowest BCUT2D eigenvalue weighted by Crippen LogP contribution is -2.00. The van der Waals surface area contributed by atoms with Crippen LogP contribution in [0.4, 0.5) is 4.39 Å². The van der Waals surface area contributed by atoms with Crippen LogP contribution in [0.3, 0.4) is 0 Å². The topological polar surface area (TPSA) is 38.7 Å². The van der Waals surface area contributed by atoms with Gasteiger partial charge >= 0.3 is 5.97 Å². The fraction of sp³-hybridized carbons (Fsp3) is 0.0909. The Bertz CT molecular complexity index is 477. The summed E-state index contributed by atoms with van der Waals surface area (Å²) in [4.78, 5) is 15.0. The molecule has 0 spiro atoms. The fourth-order valence-electron chi connectivity index (χ4n) is 1.26. The predicted molar refractivity (Wildman–Crippen MR) is 53.6 cm³/mol. The van der Waals surface area contributed by atoms with Gasteiger partial charge in [-0.3, -0.25) is 0 Å². The molecule has 1 aromatic carbocycles. The van der Waals surface area contributed by atoms with Gasteiger partial charge in [0.2, 0.25) is 0 Å². The van der Waals surface area contributed by atoms with Gasteiger partial charge < -0.3 is 4.74 Å². The minimum Gasteiger partial charge on any atom is -0.407 e. The number of aliphatic imine (C=N–C) groups is 1. The van der Waals surface area contributed by atoms with Gasteiger partial charge in [0.15, 0.2) is 11.6 Å². The number of ether oxygens (including phenoxy) is 1. The van der Waals surface area contributed by atoms with Crippen LogP contribution in [-0.2, 0) is 9.53 Å². The third-order valence-corrected chi connectivity index (χ3v) is 1.92. The predicted octanol–water partition coefficient (Wildman–Crippen LogP) is 2.14. The SMILES string of the molecule is CC1=N/C(=C/c2ccccc2F)C(=O)O1. The second-order valence-electron chi connectivity index (χ2n) is 3.07. The monoisotopic (exact) mass is 205 g/mol. The van der Waals surface area contributed by atoms with Crippen LogP contribution in [-0.4, -0.2) is 11.9 Å². The molecule has 0 saturated heterocycles. The van der Waals surface area contributed by atoms with Crippen molar-refractivity contribution >= 4 is 17.9 Å². The van der Waals surface area contributed by atoms with Gasteiger partial charge in [0.05, 0.1) is 0 Å². The molecule has 4 heteroatoms. The van der Waals surface area contributed by atoms with Crippen molar-refractivity contribution in [3.63, 3.8) is 0 Å². The molecular formula is C11H8FNO2. The molecule has 0 aliphatic carbocycles. The van der Waals surface area contributed by atoms with Gasteiger partial charge in [0.25, 0.3) is 0 Å². The molecule has 0 saturated carbocycles. The maximum atomic E-state index is 13.2. The Balaban J connectivity index is 2.39. The maximum Gasteiger partial charge on any atom is 0.363 e. The molecule has 0 atom stereocenters. The molecule has 76 valence electrons. The number of hydrogen-bond donors (Lipinski definition) is 0. The van der Waals surface area contributed by atoms with Crippen molar-refractivity contribution in [2.24, 2.45) is 4.99 Å². The number of hydrogen-bond acceptors (Lipinski definition) is 3. The van der Waals surface area contributed by atoms with Gasteiger partial charge in [0.1, 0.15) is 5.82 Å². The third kappa shape index (κ3) is 1.93. The number of nitrogens with zero attached hydrogens (tertiary/aromatic N) is 1. The Kier molecular flexibility index (Phi) is 2.33. The second-order valence-corrected chi connectivity index (χ2v) is 3.07. The second kappa shape index (κ2) is 3.65. The van der Waals surface area contributed by atoms with E-state index in [1.165, 1.54) is 12.1 Å². The minimum atomic E-state index is -0.546. The van der Waals surface area contributed by atoms with E-state index in [1.807, 2.05) is 0 Å². The molecule has 1 heterocycles. The van der Waals surface area contributed by atoms with E-state index in [1.54, 1.807) is 25.1 Å². The van der Waals surface area contributed by atoms with E-state index in [-0.39, 0.29) is 11.6 Å². The van der Waals surface area contributed by atoms with E-state index in [0.29, 0.717) is 5.56 Å².